The molecular weight excluding hydrogens is 532 g/mol. The second-order valence-corrected chi connectivity index (χ2v) is 13.7. The van der Waals surface area contributed by atoms with Crippen molar-refractivity contribution in [3.8, 4) is 0 Å². The molecule has 198 valence electrons. The van der Waals surface area contributed by atoms with Crippen LogP contribution < -0.4 is 10.6 Å². The van der Waals surface area contributed by atoms with Crippen LogP contribution in [0.4, 0.5) is 0 Å². The van der Waals surface area contributed by atoms with Crippen molar-refractivity contribution in [2.24, 2.45) is 11.8 Å². The van der Waals surface area contributed by atoms with Gasteiger partial charge in [-0.1, -0.05) is 26.8 Å². The molecule has 0 saturated carbocycles. The summed E-state index contributed by atoms with van der Waals surface area (Å²) in [5.74, 6) is -1.25. The lowest BCUT2D eigenvalue weighted by molar-refractivity contribution is -0.129. The number of nitrogens with one attached hydrogen (secondary N) is 2. The number of Topliss-reactive ketones (excluding diaryl/α,β-unsaturated/α-hetero) is 1. The second-order valence-electron chi connectivity index (χ2n) is 9.75. The van der Waals surface area contributed by atoms with Crippen molar-refractivity contribution in [3.63, 3.8) is 0 Å². The Bertz CT molecular complexity index is 1350. The van der Waals surface area contributed by atoms with Crippen LogP contribution in [-0.2, 0) is 19.6 Å². The first kappa shape index (κ1) is 27.4. The Morgan fingerprint density at radius 2 is 2.00 bits per heavy atom. The molecule has 2 N–H and O–H groups in total. The first-order valence-electron chi connectivity index (χ1n) is 12.1. The highest BCUT2D eigenvalue weighted by Gasteiger charge is 2.37. The summed E-state index contributed by atoms with van der Waals surface area (Å²) in [6.07, 6.45) is 2.08. The number of thiophene rings is 2. The summed E-state index contributed by atoms with van der Waals surface area (Å²) in [7, 11) is -3.95. The van der Waals surface area contributed by atoms with E-state index < -0.39 is 33.8 Å². The Morgan fingerprint density at radius 1 is 1.22 bits per heavy atom. The molecule has 0 aromatic carbocycles. The predicted octanol–water partition coefficient (Wildman–Crippen LogP) is 3.29. The fourth-order valence-electron chi connectivity index (χ4n) is 4.34. The minimum absolute atomic E-state index is 0.116. The monoisotopic (exact) mass is 562 g/mol. The maximum atomic E-state index is 13.3. The molecule has 4 heterocycles. The standard InChI is InChI=1S/C25H30N4O5S3/c1-15(2)10-18(28-25(32)22-12-21-20(36-22)7-9-35-21)24(31)27-17-11-16(3)13-29(14-19(17)30)37(33,34)23-6-4-5-8-26-23/h4-9,12,15-18H,10-11,13-14H2,1-3H3,(H,27,31)(H,28,32)/t16-,17-,18?/m1/s1. The lowest BCUT2D eigenvalue weighted by atomic mass is 9.98. The average Bonchev–Trinajstić information content (AvgIpc) is 3.42. The molecular formula is C25H30N4O5S3. The summed E-state index contributed by atoms with van der Waals surface area (Å²) in [6.45, 7) is 5.52. The van der Waals surface area contributed by atoms with Crippen LogP contribution in [0.1, 0.15) is 43.3 Å². The molecule has 4 rings (SSSR count). The zero-order valence-electron chi connectivity index (χ0n) is 20.8. The minimum atomic E-state index is -3.95. The lowest BCUT2D eigenvalue weighted by Gasteiger charge is -2.23. The second kappa shape index (κ2) is 11.4. The summed E-state index contributed by atoms with van der Waals surface area (Å²) in [5, 5.41) is 7.48. The molecule has 3 aromatic heterocycles. The van der Waals surface area contributed by atoms with Crippen molar-refractivity contribution in [1.29, 1.82) is 0 Å². The van der Waals surface area contributed by atoms with Crippen LogP contribution in [0.3, 0.4) is 0 Å². The molecule has 1 aliphatic heterocycles. The lowest BCUT2D eigenvalue weighted by Crippen LogP contribution is -2.52. The van der Waals surface area contributed by atoms with Crippen LogP contribution in [0.2, 0.25) is 0 Å². The Kier molecular flexibility index (Phi) is 8.42. The van der Waals surface area contributed by atoms with Crippen molar-refractivity contribution in [1.82, 2.24) is 19.9 Å². The number of fused-ring (bicyclic) bond motifs is 1. The van der Waals surface area contributed by atoms with Gasteiger partial charge in [-0.2, -0.15) is 4.31 Å². The molecule has 3 aromatic rings. The maximum absolute atomic E-state index is 13.3. The number of pyridine rings is 1. The quantitative estimate of drug-likeness (QED) is 0.434. The number of ketones is 1. The Labute approximate surface area is 224 Å². The van der Waals surface area contributed by atoms with E-state index in [1.165, 1.54) is 23.6 Å². The number of sulfonamides is 1. The molecule has 9 nitrogen and oxygen atoms in total. The maximum Gasteiger partial charge on any atom is 0.262 e. The molecule has 2 amide bonds. The molecule has 0 spiro atoms. The van der Waals surface area contributed by atoms with Crippen LogP contribution >= 0.6 is 22.7 Å². The number of hydrogen-bond acceptors (Lipinski definition) is 8. The van der Waals surface area contributed by atoms with Crippen molar-refractivity contribution in [2.45, 2.75) is 50.7 Å². The normalized spacial score (nSPS) is 20.1. The first-order valence-corrected chi connectivity index (χ1v) is 15.2. The van der Waals surface area contributed by atoms with E-state index in [0.29, 0.717) is 17.7 Å². The number of carbonyl (C=O) groups is 3. The van der Waals surface area contributed by atoms with E-state index in [-0.39, 0.29) is 35.9 Å². The van der Waals surface area contributed by atoms with Crippen molar-refractivity contribution < 1.29 is 22.8 Å². The molecule has 1 saturated heterocycles. The van der Waals surface area contributed by atoms with Crippen LogP contribution in [-0.4, -0.2) is 60.5 Å². The fraction of sp³-hybridized carbons (Fsp3) is 0.440. The van der Waals surface area contributed by atoms with Gasteiger partial charge in [0.05, 0.1) is 17.5 Å². The van der Waals surface area contributed by atoms with Gasteiger partial charge in [-0.15, -0.1) is 22.7 Å². The average molecular weight is 563 g/mol. The van der Waals surface area contributed by atoms with E-state index in [1.807, 2.05) is 38.3 Å². The smallest absolute Gasteiger partial charge is 0.262 e. The third-order valence-corrected chi connectivity index (χ3v) is 9.94. The zero-order valence-corrected chi connectivity index (χ0v) is 23.3. The summed E-state index contributed by atoms with van der Waals surface area (Å²) >= 11 is 2.92. The van der Waals surface area contributed by atoms with Crippen LogP contribution in [0.25, 0.3) is 9.40 Å². The molecule has 0 aliphatic carbocycles. The molecule has 1 fully saturated rings. The van der Waals surface area contributed by atoms with Crippen molar-refractivity contribution in [3.05, 3.63) is 46.8 Å². The molecule has 0 radical (unpaired) electrons. The number of aromatic nitrogens is 1. The van der Waals surface area contributed by atoms with E-state index in [1.54, 1.807) is 23.5 Å². The SMILES string of the molecule is CC(C)CC(NC(=O)c1cc2sccc2s1)C(=O)N[C@@H]1C[C@@H](C)CN(S(=O)(=O)c2ccccn2)CC1=O. The van der Waals surface area contributed by atoms with Crippen LogP contribution in [0.5, 0.6) is 0 Å². The number of hydrogen-bond donors (Lipinski definition) is 2. The van der Waals surface area contributed by atoms with Gasteiger partial charge >= 0.3 is 0 Å². The van der Waals surface area contributed by atoms with E-state index in [2.05, 4.69) is 15.6 Å². The minimum Gasteiger partial charge on any atom is -0.344 e. The van der Waals surface area contributed by atoms with E-state index >= 15 is 0 Å². The Hall–Kier alpha value is -2.67. The largest absolute Gasteiger partial charge is 0.344 e. The molecule has 0 bridgehead atoms. The molecule has 1 aliphatic rings. The van der Waals surface area contributed by atoms with Gasteiger partial charge in [-0.3, -0.25) is 14.4 Å². The topological polar surface area (TPSA) is 126 Å². The Morgan fingerprint density at radius 3 is 2.68 bits per heavy atom. The van der Waals surface area contributed by atoms with E-state index in [9.17, 15) is 22.8 Å². The van der Waals surface area contributed by atoms with E-state index in [0.717, 1.165) is 13.7 Å². The van der Waals surface area contributed by atoms with Crippen LogP contribution in [0.15, 0.2) is 46.9 Å². The number of nitrogens with zero attached hydrogens (tertiary/aromatic N) is 2. The highest BCUT2D eigenvalue weighted by Crippen LogP contribution is 2.30. The highest BCUT2D eigenvalue weighted by atomic mass is 32.2. The number of carbonyl (C=O) groups excluding carboxylic acids is 3. The number of amides is 2. The van der Waals surface area contributed by atoms with Gasteiger partial charge in [0.2, 0.25) is 5.91 Å². The van der Waals surface area contributed by atoms with Gasteiger partial charge < -0.3 is 10.6 Å². The van der Waals surface area contributed by atoms with Crippen LogP contribution in [0, 0.1) is 11.8 Å². The molecule has 3 atom stereocenters. The van der Waals surface area contributed by atoms with Gasteiger partial charge in [0.1, 0.15) is 6.04 Å². The summed E-state index contributed by atoms with van der Waals surface area (Å²) in [5.41, 5.74) is 0. The predicted molar refractivity (Wildman–Crippen MR) is 144 cm³/mol. The molecule has 37 heavy (non-hydrogen) atoms. The summed E-state index contributed by atoms with van der Waals surface area (Å²) in [6, 6.07) is 6.68. The van der Waals surface area contributed by atoms with Crippen molar-refractivity contribution >= 4 is 59.7 Å². The van der Waals surface area contributed by atoms with Gasteiger partial charge in [0, 0.05) is 22.1 Å². The van der Waals surface area contributed by atoms with E-state index in [4.69, 9.17) is 0 Å². The summed E-state index contributed by atoms with van der Waals surface area (Å²) < 4.78 is 29.3. The highest BCUT2D eigenvalue weighted by molar-refractivity contribution is 7.89. The summed E-state index contributed by atoms with van der Waals surface area (Å²) in [4.78, 5) is 43.8. The van der Waals surface area contributed by atoms with Gasteiger partial charge in [0.25, 0.3) is 15.9 Å². The third-order valence-electron chi connectivity index (χ3n) is 6.12. The zero-order chi connectivity index (χ0) is 26.7. The molecule has 12 heteroatoms. The van der Waals surface area contributed by atoms with Crippen molar-refractivity contribution in [2.75, 3.05) is 13.1 Å². The number of rotatable bonds is 8. The third kappa shape index (κ3) is 6.43. The molecule has 1 unspecified atom stereocenters. The Balaban J connectivity index is 1.46. The van der Waals surface area contributed by atoms with Gasteiger partial charge in [-0.25, -0.2) is 13.4 Å². The first-order chi connectivity index (χ1) is 17.5. The van der Waals surface area contributed by atoms with Gasteiger partial charge in [-0.05, 0) is 54.3 Å². The van der Waals surface area contributed by atoms with Gasteiger partial charge in [0.15, 0.2) is 10.8 Å². The fourth-order valence-corrected chi connectivity index (χ4v) is 7.81.